The van der Waals surface area contributed by atoms with Crippen LogP contribution in [0.15, 0.2) is 29.2 Å². The largest absolute Gasteiger partial charge is 0.481 e. The number of carboxylic acids is 1. The fourth-order valence-corrected chi connectivity index (χ4v) is 5.24. The Morgan fingerprint density at radius 1 is 1.30 bits per heavy atom. The average molecular weight is 337 g/mol. The summed E-state index contributed by atoms with van der Waals surface area (Å²) in [5.41, 5.74) is -0.588. The van der Waals surface area contributed by atoms with Crippen molar-refractivity contribution in [1.29, 1.82) is 0 Å². The number of hydrogen-bond acceptors (Lipinski definition) is 4. The Labute approximate surface area is 134 Å². The van der Waals surface area contributed by atoms with E-state index in [4.69, 9.17) is 4.74 Å². The van der Waals surface area contributed by atoms with Crippen LogP contribution in [-0.4, -0.2) is 38.2 Å². The molecule has 0 atom stereocenters. The summed E-state index contributed by atoms with van der Waals surface area (Å²) in [7, 11) is -3.61. The molecule has 124 valence electrons. The minimum Gasteiger partial charge on any atom is -0.481 e. The molecular formula is C16H19NO5S. The van der Waals surface area contributed by atoms with E-state index in [0.29, 0.717) is 23.7 Å². The molecule has 2 heterocycles. The zero-order valence-corrected chi connectivity index (χ0v) is 13.4. The van der Waals surface area contributed by atoms with Gasteiger partial charge in [-0.2, -0.15) is 0 Å². The van der Waals surface area contributed by atoms with E-state index in [1.165, 1.54) is 0 Å². The van der Waals surface area contributed by atoms with E-state index in [0.717, 1.165) is 18.4 Å². The Morgan fingerprint density at radius 3 is 2.61 bits per heavy atom. The molecule has 4 fully saturated rings. The van der Waals surface area contributed by atoms with Crippen LogP contribution in [0.4, 0.5) is 0 Å². The summed E-state index contributed by atoms with van der Waals surface area (Å²) in [6, 6.07) is 7.09. The number of aliphatic carboxylic acids is 1. The highest BCUT2D eigenvalue weighted by molar-refractivity contribution is 7.89. The van der Waals surface area contributed by atoms with Crippen LogP contribution in [0.2, 0.25) is 0 Å². The molecule has 0 radical (unpaired) electrons. The minimum absolute atomic E-state index is 0.128. The molecule has 1 aromatic rings. The van der Waals surface area contributed by atoms with Crippen molar-refractivity contribution in [2.24, 2.45) is 5.41 Å². The molecule has 6 nitrogen and oxygen atoms in total. The molecule has 1 aromatic carbocycles. The fourth-order valence-electron chi connectivity index (χ4n) is 3.83. The smallest absolute Gasteiger partial charge is 0.312 e. The molecule has 23 heavy (non-hydrogen) atoms. The van der Waals surface area contributed by atoms with Gasteiger partial charge in [0.05, 0.1) is 22.5 Å². The SMILES string of the molecule is O=C(O)C12COC(CNS(=O)(=O)c3ccccc3C3CC3)(C1)C2. The van der Waals surface area contributed by atoms with Crippen LogP contribution in [0, 0.1) is 5.41 Å². The van der Waals surface area contributed by atoms with Crippen LogP contribution in [0.25, 0.3) is 0 Å². The van der Waals surface area contributed by atoms with Crippen LogP contribution < -0.4 is 4.72 Å². The van der Waals surface area contributed by atoms with Gasteiger partial charge in [-0.1, -0.05) is 18.2 Å². The molecule has 2 aliphatic heterocycles. The van der Waals surface area contributed by atoms with E-state index in [2.05, 4.69) is 4.72 Å². The van der Waals surface area contributed by atoms with E-state index in [1.54, 1.807) is 12.1 Å². The minimum atomic E-state index is -3.61. The first-order chi connectivity index (χ1) is 10.9. The normalized spacial score (nSPS) is 32.5. The third-order valence-corrected chi connectivity index (χ3v) is 6.71. The number of carbonyl (C=O) groups is 1. The van der Waals surface area contributed by atoms with E-state index >= 15 is 0 Å². The summed E-state index contributed by atoms with van der Waals surface area (Å²) in [5, 5.41) is 9.22. The van der Waals surface area contributed by atoms with Gasteiger partial charge in [0.15, 0.2) is 0 Å². The Bertz CT molecular complexity index is 762. The molecule has 4 aliphatic rings. The molecule has 0 spiro atoms. The second kappa shape index (κ2) is 4.78. The van der Waals surface area contributed by atoms with Crippen molar-refractivity contribution < 1.29 is 23.1 Å². The summed E-state index contributed by atoms with van der Waals surface area (Å²) in [4.78, 5) is 11.6. The Balaban J connectivity index is 1.49. The first kappa shape index (κ1) is 15.1. The molecular weight excluding hydrogens is 318 g/mol. The van der Waals surface area contributed by atoms with Crippen molar-refractivity contribution in [1.82, 2.24) is 4.72 Å². The predicted molar refractivity (Wildman–Crippen MR) is 81.6 cm³/mol. The first-order valence-electron chi connectivity index (χ1n) is 7.82. The highest BCUT2D eigenvalue weighted by atomic mass is 32.2. The monoisotopic (exact) mass is 337 g/mol. The van der Waals surface area contributed by atoms with Crippen molar-refractivity contribution in [2.75, 3.05) is 13.2 Å². The summed E-state index contributed by atoms with van der Waals surface area (Å²) >= 11 is 0. The highest BCUT2D eigenvalue weighted by Crippen LogP contribution is 2.57. The number of rotatable bonds is 6. The second-order valence-electron chi connectivity index (χ2n) is 7.05. The number of benzene rings is 1. The van der Waals surface area contributed by atoms with Gasteiger partial charge in [-0.25, -0.2) is 13.1 Å². The van der Waals surface area contributed by atoms with Gasteiger partial charge in [-0.15, -0.1) is 0 Å². The predicted octanol–water partition coefficient (Wildman–Crippen LogP) is 1.48. The maximum atomic E-state index is 12.6. The number of nitrogens with one attached hydrogen (secondary N) is 1. The third kappa shape index (κ3) is 2.38. The van der Waals surface area contributed by atoms with Crippen molar-refractivity contribution in [3.8, 4) is 0 Å². The second-order valence-corrected chi connectivity index (χ2v) is 8.78. The lowest BCUT2D eigenvalue weighted by Gasteiger charge is -2.41. The van der Waals surface area contributed by atoms with Crippen LogP contribution in [-0.2, 0) is 19.6 Å². The number of hydrogen-bond donors (Lipinski definition) is 2. The van der Waals surface area contributed by atoms with Gasteiger partial charge in [0, 0.05) is 6.54 Å². The lowest BCUT2D eigenvalue weighted by atomic mass is 9.62. The molecule has 2 aliphatic carbocycles. The first-order valence-corrected chi connectivity index (χ1v) is 9.30. The van der Waals surface area contributed by atoms with Crippen LogP contribution in [0.3, 0.4) is 0 Å². The van der Waals surface area contributed by atoms with Crippen LogP contribution >= 0.6 is 0 Å². The number of ether oxygens (including phenoxy) is 1. The molecule has 7 heteroatoms. The molecule has 2 saturated heterocycles. The topological polar surface area (TPSA) is 92.7 Å². The zero-order chi connectivity index (χ0) is 16.3. The number of sulfonamides is 1. The molecule has 2 bridgehead atoms. The lowest BCUT2D eigenvalue weighted by Crippen LogP contribution is -2.54. The summed E-state index contributed by atoms with van der Waals surface area (Å²) < 4.78 is 33.5. The van der Waals surface area contributed by atoms with Gasteiger partial charge >= 0.3 is 5.97 Å². The van der Waals surface area contributed by atoms with E-state index in [1.807, 2.05) is 12.1 Å². The van der Waals surface area contributed by atoms with Gasteiger partial charge in [-0.3, -0.25) is 4.79 Å². The van der Waals surface area contributed by atoms with Crippen molar-refractivity contribution in [2.45, 2.75) is 42.1 Å². The van der Waals surface area contributed by atoms with Crippen molar-refractivity contribution in [3.05, 3.63) is 29.8 Å². The van der Waals surface area contributed by atoms with Gasteiger partial charge in [0.1, 0.15) is 0 Å². The summed E-state index contributed by atoms with van der Waals surface area (Å²) in [6.45, 7) is 0.298. The summed E-state index contributed by atoms with van der Waals surface area (Å²) in [5.74, 6) is -0.514. The van der Waals surface area contributed by atoms with Gasteiger partial charge in [0.25, 0.3) is 0 Å². The quantitative estimate of drug-likeness (QED) is 0.820. The lowest BCUT2D eigenvalue weighted by molar-refractivity contribution is -0.153. The standard InChI is InChI=1S/C16H19NO5S/c18-14(19)15-7-16(8-15,22-10-15)9-17-23(20,21)13-4-2-1-3-12(13)11-5-6-11/h1-4,11,17H,5-10H2,(H,18,19). The van der Waals surface area contributed by atoms with Gasteiger partial charge in [0.2, 0.25) is 10.0 Å². The van der Waals surface area contributed by atoms with Crippen molar-refractivity contribution >= 4 is 16.0 Å². The third-order valence-electron chi connectivity index (χ3n) is 5.24. The molecule has 0 unspecified atom stereocenters. The van der Waals surface area contributed by atoms with E-state index in [-0.39, 0.29) is 13.2 Å². The molecule has 5 rings (SSSR count). The Hall–Kier alpha value is -1.44. The van der Waals surface area contributed by atoms with E-state index in [9.17, 15) is 18.3 Å². The molecule has 0 amide bonds. The molecule has 2 N–H and O–H groups in total. The maximum Gasteiger partial charge on any atom is 0.312 e. The maximum absolute atomic E-state index is 12.6. The molecule has 0 aromatic heterocycles. The highest BCUT2D eigenvalue weighted by Gasteiger charge is 2.66. The fraction of sp³-hybridized carbons (Fsp3) is 0.562. The van der Waals surface area contributed by atoms with Gasteiger partial charge in [-0.05, 0) is 43.2 Å². The van der Waals surface area contributed by atoms with Gasteiger partial charge < -0.3 is 9.84 Å². The molecule has 2 saturated carbocycles. The number of fused-ring (bicyclic) bond motifs is 1. The van der Waals surface area contributed by atoms with Crippen LogP contribution in [0.5, 0.6) is 0 Å². The van der Waals surface area contributed by atoms with Crippen molar-refractivity contribution in [3.63, 3.8) is 0 Å². The zero-order valence-electron chi connectivity index (χ0n) is 12.6. The van der Waals surface area contributed by atoms with Crippen LogP contribution in [0.1, 0.15) is 37.2 Å². The van der Waals surface area contributed by atoms with E-state index < -0.39 is 27.0 Å². The average Bonchev–Trinajstić information content (AvgIpc) is 3.17. The number of carboxylic acid groups (broad SMARTS) is 1. The Kier molecular flexibility index (Phi) is 3.14. The Morgan fingerprint density at radius 2 is 2.00 bits per heavy atom. The summed E-state index contributed by atoms with van der Waals surface area (Å²) in [6.07, 6.45) is 2.81.